The number of carbonyl (C=O) groups is 1. The number of nitrogens with two attached hydrogens (primary N) is 1. The molecule has 0 radical (unpaired) electrons. The summed E-state index contributed by atoms with van der Waals surface area (Å²) in [5.74, 6) is 8.09. The van der Waals surface area contributed by atoms with Gasteiger partial charge in [-0.25, -0.2) is 5.84 Å². The highest BCUT2D eigenvalue weighted by Crippen LogP contribution is 2.53. The maximum Gasteiger partial charge on any atom is 0.244 e. The van der Waals surface area contributed by atoms with Crippen molar-refractivity contribution in [3.05, 3.63) is 126 Å². The van der Waals surface area contributed by atoms with Gasteiger partial charge in [0.15, 0.2) is 0 Å². The third kappa shape index (κ3) is 12.1. The van der Waals surface area contributed by atoms with Gasteiger partial charge in [0, 0.05) is 86.9 Å². The Morgan fingerprint density at radius 2 is 1.17 bits per heavy atom. The molecule has 0 spiro atoms. The SMILES string of the molecule is CN=C(SC)C1CCN(c2c(Cl)cncc2Cl)CC1.Cl.Cn1c(C2CCN(c3c(Cl)cncc3Cl)CC2)nnc1C1(c2ccc(Cl)cc2)CC1.I.NNC(=O)C1(c2ccc(Cl)cc2)CC1. The van der Waals surface area contributed by atoms with Crippen molar-refractivity contribution in [2.75, 3.05) is 49.3 Å². The van der Waals surface area contributed by atoms with E-state index in [4.69, 9.17) is 75.4 Å². The molecule has 0 bridgehead atoms. The number of anilines is 2. The summed E-state index contributed by atoms with van der Waals surface area (Å²) in [6.07, 6.45) is 16.7. The monoisotopic (exact) mass is 1150 g/mol. The van der Waals surface area contributed by atoms with Gasteiger partial charge in [-0.2, -0.15) is 0 Å². The number of amides is 1. The number of nitrogens with zero attached hydrogens (tertiary/aromatic N) is 8. The van der Waals surface area contributed by atoms with Crippen molar-refractivity contribution in [2.45, 2.75) is 68.1 Å². The molecule has 1 amide bonds. The summed E-state index contributed by atoms with van der Waals surface area (Å²) >= 11 is 38.7. The average molecular weight is 1160 g/mol. The third-order valence-corrected chi connectivity index (χ3v) is 15.2. The number of benzene rings is 2. The summed E-state index contributed by atoms with van der Waals surface area (Å²) in [5, 5.41) is 14.4. The summed E-state index contributed by atoms with van der Waals surface area (Å²) in [6, 6.07) is 15.5. The van der Waals surface area contributed by atoms with E-state index in [-0.39, 0.29) is 53.1 Å². The van der Waals surface area contributed by atoms with Crippen molar-refractivity contribution in [3.63, 3.8) is 0 Å². The Morgan fingerprint density at radius 3 is 1.57 bits per heavy atom. The van der Waals surface area contributed by atoms with Crippen LogP contribution in [0.5, 0.6) is 0 Å². The van der Waals surface area contributed by atoms with Gasteiger partial charge in [-0.15, -0.1) is 58.3 Å². The minimum Gasteiger partial charge on any atom is -0.369 e. The van der Waals surface area contributed by atoms with E-state index < -0.39 is 0 Å². The van der Waals surface area contributed by atoms with Gasteiger partial charge in [-0.1, -0.05) is 93.9 Å². The number of halogens is 8. The van der Waals surface area contributed by atoms with Crippen LogP contribution in [-0.4, -0.2) is 75.2 Å². The lowest BCUT2D eigenvalue weighted by atomic mass is 9.93. The molecule has 2 aromatic carbocycles. The van der Waals surface area contributed by atoms with Crippen LogP contribution in [0.2, 0.25) is 30.1 Å². The number of piperidine rings is 2. The van der Waals surface area contributed by atoms with Crippen LogP contribution in [0.3, 0.4) is 0 Å². The van der Waals surface area contributed by atoms with Crippen LogP contribution in [-0.2, 0) is 22.7 Å². The molecule has 2 saturated heterocycles. The molecule has 5 heterocycles. The molecule has 350 valence electrons. The molecular formula is C45H52Cl7IN10OS. The number of aliphatic imine (C=N–C) groups is 1. The van der Waals surface area contributed by atoms with Gasteiger partial charge in [0.1, 0.15) is 11.6 Å². The average Bonchev–Trinajstić information content (AvgIpc) is 4.23. The Kier molecular flexibility index (Phi) is 19.6. The molecule has 11 nitrogen and oxygen atoms in total. The van der Waals surface area contributed by atoms with Crippen LogP contribution >= 0.6 is 118 Å². The highest BCUT2D eigenvalue weighted by Gasteiger charge is 2.51. The second kappa shape index (κ2) is 23.8. The second-order valence-electron chi connectivity index (χ2n) is 16.3. The molecule has 3 aromatic heterocycles. The molecular weight excluding hydrogens is 1100 g/mol. The zero-order chi connectivity index (χ0) is 44.9. The highest BCUT2D eigenvalue weighted by atomic mass is 127. The number of hydrazine groups is 1. The van der Waals surface area contributed by atoms with E-state index in [0.717, 1.165) is 111 Å². The fraction of sp³-hybridized carbons (Fsp3) is 0.422. The van der Waals surface area contributed by atoms with Crippen molar-refractivity contribution < 1.29 is 4.79 Å². The minimum atomic E-state index is -0.390. The zero-order valence-electron chi connectivity index (χ0n) is 36.1. The van der Waals surface area contributed by atoms with Crippen LogP contribution in [0.15, 0.2) is 78.3 Å². The van der Waals surface area contributed by atoms with E-state index in [9.17, 15) is 4.79 Å². The van der Waals surface area contributed by atoms with E-state index >= 15 is 0 Å². The number of aromatic nitrogens is 5. The topological polar surface area (TPSA) is 130 Å². The Labute approximate surface area is 438 Å². The maximum absolute atomic E-state index is 11.5. The lowest BCUT2D eigenvalue weighted by Crippen LogP contribution is -2.39. The molecule has 4 aliphatic rings. The molecule has 9 rings (SSSR count). The number of rotatable bonds is 8. The summed E-state index contributed by atoms with van der Waals surface area (Å²) in [6.45, 7) is 3.65. The maximum atomic E-state index is 11.5. The van der Waals surface area contributed by atoms with Crippen molar-refractivity contribution in [2.24, 2.45) is 23.8 Å². The highest BCUT2D eigenvalue weighted by molar-refractivity contribution is 14.0. The number of hydrogen-bond acceptors (Lipinski definition) is 10. The molecule has 4 fully saturated rings. The third-order valence-electron chi connectivity index (χ3n) is 12.6. The summed E-state index contributed by atoms with van der Waals surface area (Å²) < 4.78 is 2.22. The van der Waals surface area contributed by atoms with Gasteiger partial charge in [-0.3, -0.25) is 25.2 Å². The van der Waals surface area contributed by atoms with Gasteiger partial charge in [0.2, 0.25) is 5.91 Å². The second-order valence-corrected chi connectivity index (χ2v) is 19.6. The van der Waals surface area contributed by atoms with Gasteiger partial charge in [-0.05, 0) is 93.0 Å². The van der Waals surface area contributed by atoms with Crippen molar-refractivity contribution in [1.82, 2.24) is 30.2 Å². The minimum absolute atomic E-state index is 0. The first-order valence-corrected chi connectivity index (χ1v) is 24.4. The van der Waals surface area contributed by atoms with Crippen LogP contribution in [0.4, 0.5) is 11.4 Å². The van der Waals surface area contributed by atoms with E-state index in [1.54, 1.807) is 48.7 Å². The molecule has 2 saturated carbocycles. The smallest absolute Gasteiger partial charge is 0.244 e. The van der Waals surface area contributed by atoms with E-state index in [2.05, 4.69) is 70.4 Å². The largest absolute Gasteiger partial charge is 0.369 e. The normalized spacial score (nSPS) is 17.6. The van der Waals surface area contributed by atoms with E-state index in [1.165, 1.54) is 10.6 Å². The zero-order valence-corrected chi connectivity index (χ0v) is 44.6. The fourth-order valence-corrected chi connectivity index (χ4v) is 11.1. The van der Waals surface area contributed by atoms with E-state index in [1.807, 2.05) is 31.3 Å². The predicted molar refractivity (Wildman–Crippen MR) is 284 cm³/mol. The van der Waals surface area contributed by atoms with Crippen LogP contribution in [0, 0.1) is 5.92 Å². The first-order chi connectivity index (χ1) is 30.3. The molecule has 20 heteroatoms. The summed E-state index contributed by atoms with van der Waals surface area (Å²) in [7, 11) is 3.97. The Bertz CT molecular complexity index is 2360. The van der Waals surface area contributed by atoms with Crippen molar-refractivity contribution >= 4 is 140 Å². The van der Waals surface area contributed by atoms with Crippen LogP contribution < -0.4 is 21.1 Å². The first kappa shape index (κ1) is 53.6. The summed E-state index contributed by atoms with van der Waals surface area (Å²) in [5.41, 5.74) is 5.85. The number of thioether (sulfide) groups is 1. The van der Waals surface area contributed by atoms with Gasteiger partial charge < -0.3 is 14.4 Å². The molecule has 3 N–H and O–H groups in total. The van der Waals surface area contributed by atoms with Gasteiger partial charge >= 0.3 is 0 Å². The van der Waals surface area contributed by atoms with E-state index in [0.29, 0.717) is 36.9 Å². The molecule has 2 aliphatic carbocycles. The number of hydrogen-bond donors (Lipinski definition) is 2. The number of nitrogens with one attached hydrogen (secondary N) is 1. The molecule has 2 aliphatic heterocycles. The molecule has 5 aromatic rings. The Balaban J connectivity index is 0.000000196. The van der Waals surface area contributed by atoms with Gasteiger partial charge in [0.05, 0.1) is 47.3 Å². The van der Waals surface area contributed by atoms with Crippen LogP contribution in [0.25, 0.3) is 0 Å². The van der Waals surface area contributed by atoms with Crippen molar-refractivity contribution in [1.29, 1.82) is 0 Å². The number of pyridine rings is 2. The predicted octanol–water partition coefficient (Wildman–Crippen LogP) is 12.0. The standard InChI is InChI=1S/C22H22Cl3N5.C13H17Cl2N3S.C10H11ClN2O.ClH.HI/c1-29-20(14-6-10-30(11-7-14)19-17(24)12-26-13-18(19)25)27-28-21(29)22(8-9-22)15-2-4-16(23)5-3-15;1-16-13(19-2)9-3-5-18(6-4-9)12-10(14)7-17-8-11(12)15;11-8-3-1-7(2-4-8)10(5-6-10)9(14)13-12;;/h2-5,12-14H,6-11H2,1H3;7-9H,3-6H2,1-2H3;1-4H,5-6,12H2,(H,13,14);2*1H. The van der Waals surface area contributed by atoms with Gasteiger partial charge in [0.25, 0.3) is 0 Å². The molecule has 0 unspecified atom stereocenters. The van der Waals surface area contributed by atoms with Crippen molar-refractivity contribution in [3.8, 4) is 0 Å². The van der Waals surface area contributed by atoms with Crippen LogP contribution in [0.1, 0.15) is 80.1 Å². The lowest BCUT2D eigenvalue weighted by Gasteiger charge is -2.34. The number of carbonyl (C=O) groups excluding carboxylic acids is 1. The Hall–Kier alpha value is -2.31. The quantitative estimate of drug-likeness (QED) is 0.0389. The molecule has 65 heavy (non-hydrogen) atoms. The molecule has 0 atom stereocenters. The summed E-state index contributed by atoms with van der Waals surface area (Å²) in [4.78, 5) is 28.4. The first-order valence-electron chi connectivity index (χ1n) is 20.9. The fourth-order valence-electron chi connectivity index (χ4n) is 8.89. The Morgan fingerprint density at radius 1 is 0.723 bits per heavy atom. The lowest BCUT2D eigenvalue weighted by molar-refractivity contribution is -0.123.